The Kier molecular flexibility index (Phi) is 2.63. The summed E-state index contributed by atoms with van der Waals surface area (Å²) >= 11 is 0. The molecule has 13 heavy (non-hydrogen) atoms. The monoisotopic (exact) mass is 187 g/mol. The molecule has 0 aromatic heterocycles. The van der Waals surface area contributed by atoms with E-state index in [0.29, 0.717) is 6.54 Å². The molecular weight excluding hydrogens is 170 g/mol. The Morgan fingerprint density at radius 3 is 2.23 bits per heavy atom. The number of rotatable bonds is 1. The third-order valence-electron chi connectivity index (χ3n) is 2.69. The van der Waals surface area contributed by atoms with Crippen molar-refractivity contribution in [3.8, 4) is 0 Å². The van der Waals surface area contributed by atoms with Gasteiger partial charge in [0.05, 0.1) is 6.10 Å². The number of nitrogens with one attached hydrogen (secondary N) is 1. The Hall–Kier alpha value is -0.610. The van der Waals surface area contributed by atoms with Crippen molar-refractivity contribution in [2.75, 3.05) is 6.54 Å². The second-order valence-corrected chi connectivity index (χ2v) is 4.69. The van der Waals surface area contributed by atoms with Gasteiger partial charge in [-0.2, -0.15) is 0 Å². The molecule has 76 valence electrons. The molecule has 3 N–H and O–H groups in total. The van der Waals surface area contributed by atoms with Crippen LogP contribution in [0.3, 0.4) is 0 Å². The largest absolute Gasteiger partial charge is 0.480 e. The molecule has 0 aromatic carbocycles. The van der Waals surface area contributed by atoms with Crippen LogP contribution in [0.15, 0.2) is 0 Å². The topological polar surface area (TPSA) is 69.6 Å². The van der Waals surface area contributed by atoms with Gasteiger partial charge in [0, 0.05) is 12.5 Å². The van der Waals surface area contributed by atoms with E-state index < -0.39 is 18.1 Å². The van der Waals surface area contributed by atoms with E-state index in [9.17, 15) is 9.90 Å². The average Bonchev–Trinajstić information content (AvgIpc) is 2.28. The van der Waals surface area contributed by atoms with Crippen LogP contribution >= 0.6 is 0 Å². The van der Waals surface area contributed by atoms with Crippen molar-refractivity contribution in [1.29, 1.82) is 0 Å². The Morgan fingerprint density at radius 2 is 2.00 bits per heavy atom. The first kappa shape index (κ1) is 10.5. The highest BCUT2D eigenvalue weighted by atomic mass is 16.4. The molecule has 4 nitrogen and oxygen atoms in total. The van der Waals surface area contributed by atoms with E-state index in [0.717, 1.165) is 0 Å². The number of hydrogen-bond donors (Lipinski definition) is 3. The van der Waals surface area contributed by atoms with E-state index in [1.54, 1.807) is 0 Å². The van der Waals surface area contributed by atoms with Crippen LogP contribution in [-0.4, -0.2) is 34.9 Å². The minimum absolute atomic E-state index is 0.00796. The molecule has 4 heteroatoms. The van der Waals surface area contributed by atoms with Crippen LogP contribution in [0.25, 0.3) is 0 Å². The van der Waals surface area contributed by atoms with E-state index in [4.69, 9.17) is 5.11 Å². The average molecular weight is 187 g/mol. The SMILES string of the molecule is CC(C)(C)C1CN[C@H](C(=O)O)C1O. The lowest BCUT2D eigenvalue weighted by atomic mass is 9.78. The quantitative estimate of drug-likeness (QED) is 0.543. The minimum atomic E-state index is -0.973. The van der Waals surface area contributed by atoms with Crippen molar-refractivity contribution in [1.82, 2.24) is 5.32 Å². The van der Waals surface area contributed by atoms with Gasteiger partial charge in [-0.25, -0.2) is 0 Å². The number of hydrogen-bond acceptors (Lipinski definition) is 3. The third kappa shape index (κ3) is 2.00. The highest BCUT2D eigenvalue weighted by Crippen LogP contribution is 2.32. The summed E-state index contributed by atoms with van der Waals surface area (Å²) < 4.78 is 0. The molecule has 0 aromatic rings. The summed E-state index contributed by atoms with van der Waals surface area (Å²) in [4.78, 5) is 10.7. The number of carbonyl (C=O) groups is 1. The van der Waals surface area contributed by atoms with Gasteiger partial charge in [-0.05, 0) is 5.41 Å². The van der Waals surface area contributed by atoms with Crippen molar-refractivity contribution in [3.63, 3.8) is 0 Å². The molecule has 1 rings (SSSR count). The Bertz CT molecular complexity index is 209. The normalized spacial score (nSPS) is 34.9. The fraction of sp³-hybridized carbons (Fsp3) is 0.889. The van der Waals surface area contributed by atoms with Gasteiger partial charge in [0.15, 0.2) is 0 Å². The minimum Gasteiger partial charge on any atom is -0.480 e. The lowest BCUT2D eigenvalue weighted by molar-refractivity contribution is -0.141. The molecule has 1 aliphatic rings. The maximum absolute atomic E-state index is 10.7. The van der Waals surface area contributed by atoms with Gasteiger partial charge in [-0.1, -0.05) is 20.8 Å². The zero-order chi connectivity index (χ0) is 10.2. The molecule has 0 spiro atoms. The molecule has 3 atom stereocenters. The molecule has 1 saturated heterocycles. The summed E-state index contributed by atoms with van der Waals surface area (Å²) in [5.74, 6) is -0.965. The number of carboxylic acid groups (broad SMARTS) is 1. The second-order valence-electron chi connectivity index (χ2n) is 4.69. The molecule has 0 saturated carbocycles. The number of aliphatic hydroxyl groups is 1. The standard InChI is InChI=1S/C9H17NO3/c1-9(2,3)5-4-10-6(7(5)11)8(12)13/h5-7,10-11H,4H2,1-3H3,(H,12,13)/t5?,6-,7?/m0/s1. The first-order chi connectivity index (χ1) is 5.84. The van der Waals surface area contributed by atoms with Gasteiger partial charge >= 0.3 is 5.97 Å². The summed E-state index contributed by atoms with van der Waals surface area (Å²) in [6.45, 7) is 6.59. The third-order valence-corrected chi connectivity index (χ3v) is 2.69. The summed E-state index contributed by atoms with van der Waals surface area (Å²) in [6.07, 6.45) is -0.780. The molecule has 0 aliphatic carbocycles. The van der Waals surface area contributed by atoms with Crippen molar-refractivity contribution in [2.24, 2.45) is 11.3 Å². The lowest BCUT2D eigenvalue weighted by Crippen LogP contribution is -2.40. The second kappa shape index (κ2) is 3.27. The van der Waals surface area contributed by atoms with E-state index in [2.05, 4.69) is 5.32 Å². The Balaban J connectivity index is 2.71. The van der Waals surface area contributed by atoms with Crippen LogP contribution in [-0.2, 0) is 4.79 Å². The van der Waals surface area contributed by atoms with Gasteiger partial charge in [0.2, 0.25) is 0 Å². The summed E-state index contributed by atoms with van der Waals surface area (Å²) in [5.41, 5.74) is -0.0589. The van der Waals surface area contributed by atoms with Crippen LogP contribution in [0.5, 0.6) is 0 Å². The van der Waals surface area contributed by atoms with E-state index >= 15 is 0 Å². The van der Waals surface area contributed by atoms with Crippen molar-refractivity contribution in [2.45, 2.75) is 32.9 Å². The van der Waals surface area contributed by atoms with Crippen molar-refractivity contribution < 1.29 is 15.0 Å². The fourth-order valence-electron chi connectivity index (χ4n) is 1.78. The smallest absolute Gasteiger partial charge is 0.323 e. The number of aliphatic hydroxyl groups excluding tert-OH is 1. The van der Waals surface area contributed by atoms with E-state index in [1.165, 1.54) is 0 Å². The zero-order valence-corrected chi connectivity index (χ0v) is 8.24. The first-order valence-corrected chi connectivity index (χ1v) is 4.48. The summed E-state index contributed by atoms with van der Waals surface area (Å²) in [6, 6.07) is -0.802. The first-order valence-electron chi connectivity index (χ1n) is 4.48. The van der Waals surface area contributed by atoms with Crippen LogP contribution in [0.1, 0.15) is 20.8 Å². The zero-order valence-electron chi connectivity index (χ0n) is 8.24. The van der Waals surface area contributed by atoms with Crippen LogP contribution in [0.4, 0.5) is 0 Å². The Labute approximate surface area is 78.0 Å². The van der Waals surface area contributed by atoms with Gasteiger partial charge < -0.3 is 15.5 Å². The molecular formula is C9H17NO3. The molecule has 1 aliphatic heterocycles. The highest BCUT2D eigenvalue weighted by Gasteiger charge is 2.43. The maximum atomic E-state index is 10.7. The van der Waals surface area contributed by atoms with Crippen molar-refractivity contribution >= 4 is 5.97 Å². The van der Waals surface area contributed by atoms with Crippen LogP contribution < -0.4 is 5.32 Å². The molecule has 0 amide bonds. The van der Waals surface area contributed by atoms with Crippen molar-refractivity contribution in [3.05, 3.63) is 0 Å². The molecule has 0 bridgehead atoms. The maximum Gasteiger partial charge on any atom is 0.323 e. The Morgan fingerprint density at radius 1 is 1.46 bits per heavy atom. The highest BCUT2D eigenvalue weighted by molar-refractivity contribution is 5.74. The molecule has 1 heterocycles. The van der Waals surface area contributed by atoms with Crippen LogP contribution in [0.2, 0.25) is 0 Å². The van der Waals surface area contributed by atoms with E-state index in [1.807, 2.05) is 20.8 Å². The number of aliphatic carboxylic acids is 1. The summed E-state index contributed by atoms with van der Waals surface area (Å²) in [7, 11) is 0. The van der Waals surface area contributed by atoms with Crippen LogP contribution in [0, 0.1) is 11.3 Å². The van der Waals surface area contributed by atoms with Gasteiger partial charge in [0.25, 0.3) is 0 Å². The molecule has 2 unspecified atom stereocenters. The lowest BCUT2D eigenvalue weighted by Gasteiger charge is -2.29. The predicted molar refractivity (Wildman–Crippen MR) is 48.4 cm³/mol. The van der Waals surface area contributed by atoms with E-state index in [-0.39, 0.29) is 11.3 Å². The van der Waals surface area contributed by atoms with Gasteiger partial charge in [-0.15, -0.1) is 0 Å². The van der Waals surface area contributed by atoms with Gasteiger partial charge in [-0.3, -0.25) is 4.79 Å². The summed E-state index contributed by atoms with van der Waals surface area (Å²) in [5, 5.41) is 21.3. The predicted octanol–water partition coefficient (Wildman–Crippen LogP) is 0.0660. The molecule has 0 radical (unpaired) electrons. The number of carboxylic acids is 1. The fourth-order valence-corrected chi connectivity index (χ4v) is 1.78. The molecule has 1 fully saturated rings. The van der Waals surface area contributed by atoms with Gasteiger partial charge in [0.1, 0.15) is 6.04 Å².